The molecule has 0 spiro atoms. The molecule has 1 aliphatic rings. The van der Waals surface area contributed by atoms with Crippen molar-refractivity contribution in [2.24, 2.45) is 0 Å². The van der Waals surface area contributed by atoms with Crippen LogP contribution >= 0.6 is 0 Å². The van der Waals surface area contributed by atoms with Crippen LogP contribution in [0.3, 0.4) is 0 Å². The van der Waals surface area contributed by atoms with E-state index in [1.54, 1.807) is 12.1 Å². The van der Waals surface area contributed by atoms with Crippen LogP contribution in [-0.4, -0.2) is 23.8 Å². The topological polar surface area (TPSA) is 84.9 Å². The fraction of sp³-hybridized carbons (Fsp3) is 0.167. The minimum Gasteiger partial charge on any atom is -0.478 e. The summed E-state index contributed by atoms with van der Waals surface area (Å²) in [5.41, 5.74) is 0.951. The predicted octanol–water partition coefficient (Wildman–Crippen LogP) is 1.47. The molecule has 2 rings (SSSR count). The highest BCUT2D eigenvalue weighted by Gasteiger charge is 2.20. The number of carbonyl (C=O) groups is 2. The summed E-state index contributed by atoms with van der Waals surface area (Å²) in [4.78, 5) is 21.7. The SMILES string of the molecule is CC(=O)Nc1c(/C=C/C(=O)O)ccc2c1OCO2. The molecule has 1 aliphatic heterocycles. The highest BCUT2D eigenvalue weighted by atomic mass is 16.7. The monoisotopic (exact) mass is 249 g/mol. The Bertz CT molecular complexity index is 536. The van der Waals surface area contributed by atoms with Crippen molar-refractivity contribution < 1.29 is 24.2 Å². The number of fused-ring (bicyclic) bond motifs is 1. The Kier molecular flexibility index (Phi) is 3.18. The third kappa shape index (κ3) is 2.42. The average molecular weight is 249 g/mol. The number of benzene rings is 1. The van der Waals surface area contributed by atoms with E-state index < -0.39 is 5.97 Å². The Morgan fingerprint density at radius 1 is 1.39 bits per heavy atom. The van der Waals surface area contributed by atoms with E-state index in [-0.39, 0.29) is 12.7 Å². The molecule has 1 heterocycles. The van der Waals surface area contributed by atoms with Crippen molar-refractivity contribution in [2.45, 2.75) is 6.92 Å². The van der Waals surface area contributed by atoms with Gasteiger partial charge < -0.3 is 19.9 Å². The van der Waals surface area contributed by atoms with Gasteiger partial charge in [-0.1, -0.05) is 0 Å². The molecule has 0 aromatic heterocycles. The van der Waals surface area contributed by atoms with Crippen molar-refractivity contribution in [3.63, 3.8) is 0 Å². The van der Waals surface area contributed by atoms with Gasteiger partial charge in [-0.15, -0.1) is 0 Å². The fourth-order valence-electron chi connectivity index (χ4n) is 1.59. The normalized spacial score (nSPS) is 12.7. The highest BCUT2D eigenvalue weighted by molar-refractivity contribution is 5.96. The largest absolute Gasteiger partial charge is 0.478 e. The van der Waals surface area contributed by atoms with Gasteiger partial charge in [0.25, 0.3) is 0 Å². The number of anilines is 1. The van der Waals surface area contributed by atoms with E-state index in [1.165, 1.54) is 13.0 Å². The number of nitrogens with one attached hydrogen (secondary N) is 1. The quantitative estimate of drug-likeness (QED) is 0.792. The summed E-state index contributed by atoms with van der Waals surface area (Å²) in [5, 5.41) is 11.2. The average Bonchev–Trinajstić information content (AvgIpc) is 2.75. The zero-order valence-corrected chi connectivity index (χ0v) is 9.60. The molecule has 0 aliphatic carbocycles. The second kappa shape index (κ2) is 4.79. The molecule has 0 bridgehead atoms. The number of amides is 1. The molecule has 6 nitrogen and oxygen atoms in total. The molecule has 0 radical (unpaired) electrons. The van der Waals surface area contributed by atoms with Crippen LogP contribution in [0.15, 0.2) is 18.2 Å². The first-order valence-corrected chi connectivity index (χ1v) is 5.19. The summed E-state index contributed by atoms with van der Waals surface area (Å²) < 4.78 is 10.4. The highest BCUT2D eigenvalue weighted by Crippen LogP contribution is 2.41. The van der Waals surface area contributed by atoms with Crippen molar-refractivity contribution in [2.75, 3.05) is 12.1 Å². The Hall–Kier alpha value is -2.50. The number of carboxylic acid groups (broad SMARTS) is 1. The van der Waals surface area contributed by atoms with E-state index in [0.717, 1.165) is 6.08 Å². The van der Waals surface area contributed by atoms with Crippen LogP contribution in [0.25, 0.3) is 6.08 Å². The third-order valence-corrected chi connectivity index (χ3v) is 2.28. The lowest BCUT2D eigenvalue weighted by molar-refractivity contribution is -0.131. The van der Waals surface area contributed by atoms with Crippen LogP contribution in [0, 0.1) is 0 Å². The molecule has 1 amide bonds. The first-order chi connectivity index (χ1) is 8.58. The molecule has 0 atom stereocenters. The standard InChI is InChI=1S/C12H11NO5/c1-7(14)13-11-8(3-5-10(15)16)2-4-9-12(11)18-6-17-9/h2-5H,6H2,1H3,(H,13,14)(H,15,16)/b5-3+. The summed E-state index contributed by atoms with van der Waals surface area (Å²) in [6, 6.07) is 3.31. The molecular formula is C12H11NO5. The van der Waals surface area contributed by atoms with Crippen molar-refractivity contribution in [3.05, 3.63) is 23.8 Å². The summed E-state index contributed by atoms with van der Waals surface area (Å²) in [7, 11) is 0. The smallest absolute Gasteiger partial charge is 0.328 e. The number of ether oxygens (including phenoxy) is 2. The van der Waals surface area contributed by atoms with E-state index in [1.807, 2.05) is 0 Å². The Morgan fingerprint density at radius 2 is 2.17 bits per heavy atom. The van der Waals surface area contributed by atoms with Gasteiger partial charge in [0.2, 0.25) is 12.7 Å². The van der Waals surface area contributed by atoms with Gasteiger partial charge in [-0.2, -0.15) is 0 Å². The van der Waals surface area contributed by atoms with Crippen LogP contribution in [0.4, 0.5) is 5.69 Å². The van der Waals surface area contributed by atoms with Crippen LogP contribution in [0.5, 0.6) is 11.5 Å². The molecule has 94 valence electrons. The van der Waals surface area contributed by atoms with E-state index in [0.29, 0.717) is 22.7 Å². The summed E-state index contributed by atoms with van der Waals surface area (Å²) in [5.74, 6) is -0.408. The number of rotatable bonds is 3. The molecular weight excluding hydrogens is 238 g/mol. The number of carboxylic acids is 1. The van der Waals surface area contributed by atoms with Crippen LogP contribution in [0.2, 0.25) is 0 Å². The lowest BCUT2D eigenvalue weighted by atomic mass is 10.1. The maximum atomic E-state index is 11.2. The van der Waals surface area contributed by atoms with Crippen molar-refractivity contribution in [3.8, 4) is 11.5 Å². The summed E-state index contributed by atoms with van der Waals surface area (Å²) >= 11 is 0. The molecule has 18 heavy (non-hydrogen) atoms. The second-order valence-corrected chi connectivity index (χ2v) is 3.62. The van der Waals surface area contributed by atoms with E-state index >= 15 is 0 Å². The molecule has 0 fully saturated rings. The van der Waals surface area contributed by atoms with Gasteiger partial charge in [0.1, 0.15) is 0 Å². The molecule has 6 heteroatoms. The van der Waals surface area contributed by atoms with Gasteiger partial charge in [-0.25, -0.2) is 4.79 Å². The van der Waals surface area contributed by atoms with Crippen molar-refractivity contribution >= 4 is 23.6 Å². The number of aliphatic carboxylic acids is 1. The van der Waals surface area contributed by atoms with Gasteiger partial charge >= 0.3 is 5.97 Å². The van der Waals surface area contributed by atoms with E-state index in [9.17, 15) is 9.59 Å². The number of carbonyl (C=O) groups excluding carboxylic acids is 1. The first kappa shape index (κ1) is 12.0. The van der Waals surface area contributed by atoms with Crippen molar-refractivity contribution in [1.29, 1.82) is 0 Å². The van der Waals surface area contributed by atoms with E-state index in [4.69, 9.17) is 14.6 Å². The van der Waals surface area contributed by atoms with Gasteiger partial charge in [0.05, 0.1) is 5.69 Å². The van der Waals surface area contributed by atoms with Crippen molar-refractivity contribution in [1.82, 2.24) is 0 Å². The maximum Gasteiger partial charge on any atom is 0.328 e. The number of hydrogen-bond donors (Lipinski definition) is 2. The van der Waals surface area contributed by atoms with Gasteiger partial charge in [0.15, 0.2) is 11.5 Å². The first-order valence-electron chi connectivity index (χ1n) is 5.19. The molecule has 2 N–H and O–H groups in total. The Balaban J connectivity index is 2.45. The van der Waals surface area contributed by atoms with Gasteiger partial charge in [-0.3, -0.25) is 4.79 Å². The minimum absolute atomic E-state index is 0.0774. The molecule has 0 saturated heterocycles. The third-order valence-electron chi connectivity index (χ3n) is 2.28. The van der Waals surface area contributed by atoms with Gasteiger partial charge in [-0.05, 0) is 18.2 Å². The zero-order valence-electron chi connectivity index (χ0n) is 9.60. The lowest BCUT2D eigenvalue weighted by Crippen LogP contribution is -2.08. The molecule has 0 saturated carbocycles. The second-order valence-electron chi connectivity index (χ2n) is 3.62. The van der Waals surface area contributed by atoms with E-state index in [2.05, 4.69) is 5.32 Å². The fourth-order valence-corrected chi connectivity index (χ4v) is 1.59. The van der Waals surface area contributed by atoms with Crippen LogP contribution in [0.1, 0.15) is 12.5 Å². The number of hydrogen-bond acceptors (Lipinski definition) is 4. The van der Waals surface area contributed by atoms with Gasteiger partial charge in [0, 0.05) is 18.6 Å². The molecule has 1 aromatic rings. The zero-order chi connectivity index (χ0) is 13.1. The maximum absolute atomic E-state index is 11.2. The predicted molar refractivity (Wildman–Crippen MR) is 63.5 cm³/mol. The molecule has 1 aromatic carbocycles. The minimum atomic E-state index is -1.07. The lowest BCUT2D eigenvalue weighted by Gasteiger charge is -2.09. The van der Waals surface area contributed by atoms with Crippen LogP contribution < -0.4 is 14.8 Å². The van der Waals surface area contributed by atoms with Crippen LogP contribution in [-0.2, 0) is 9.59 Å². The summed E-state index contributed by atoms with van der Waals surface area (Å²) in [6.07, 6.45) is 2.37. The Labute approximate surface area is 103 Å². The molecule has 0 unspecified atom stereocenters. The Morgan fingerprint density at radius 3 is 2.83 bits per heavy atom. The summed E-state index contributed by atoms with van der Waals surface area (Å²) in [6.45, 7) is 1.44.